The third-order valence-corrected chi connectivity index (χ3v) is 4.29. The van der Waals surface area contributed by atoms with E-state index in [0.29, 0.717) is 6.04 Å². The van der Waals surface area contributed by atoms with Crippen molar-refractivity contribution in [2.75, 3.05) is 13.1 Å². The van der Waals surface area contributed by atoms with Gasteiger partial charge in [0.05, 0.1) is 5.69 Å². The zero-order chi connectivity index (χ0) is 12.4. The van der Waals surface area contributed by atoms with Gasteiger partial charge in [0.15, 0.2) is 0 Å². The second kappa shape index (κ2) is 5.37. The highest BCUT2D eigenvalue weighted by Crippen LogP contribution is 2.36. The summed E-state index contributed by atoms with van der Waals surface area (Å²) in [6.07, 6.45) is 5.96. The van der Waals surface area contributed by atoms with Crippen LogP contribution in [-0.2, 0) is 6.54 Å². The number of hydrogen-bond donors (Lipinski definition) is 1. The lowest BCUT2D eigenvalue weighted by atomic mass is 10.0. The van der Waals surface area contributed by atoms with E-state index in [1.54, 1.807) is 0 Å². The first kappa shape index (κ1) is 12.1. The molecule has 1 saturated heterocycles. The van der Waals surface area contributed by atoms with Crippen LogP contribution < -0.4 is 5.32 Å². The third kappa shape index (κ3) is 2.73. The third-order valence-electron chi connectivity index (χ3n) is 4.29. The first-order chi connectivity index (χ1) is 8.86. The fraction of sp³-hybridized carbons (Fsp3) is 0.667. The van der Waals surface area contributed by atoms with E-state index >= 15 is 0 Å². The van der Waals surface area contributed by atoms with E-state index in [4.69, 9.17) is 0 Å². The zero-order valence-electron chi connectivity index (χ0n) is 11.2. The van der Waals surface area contributed by atoms with E-state index in [0.717, 1.165) is 25.0 Å². The summed E-state index contributed by atoms with van der Waals surface area (Å²) in [4.78, 5) is 7.13. The maximum atomic E-state index is 4.48. The Morgan fingerprint density at radius 1 is 1.39 bits per heavy atom. The maximum Gasteiger partial charge on any atom is 0.0544 e. The summed E-state index contributed by atoms with van der Waals surface area (Å²) >= 11 is 0. The Hall–Kier alpha value is -0.930. The summed E-state index contributed by atoms with van der Waals surface area (Å²) in [5.41, 5.74) is 1.21. The minimum atomic E-state index is 0.656. The molecule has 3 heteroatoms. The smallest absolute Gasteiger partial charge is 0.0544 e. The molecule has 0 amide bonds. The summed E-state index contributed by atoms with van der Waals surface area (Å²) in [6.45, 7) is 5.62. The van der Waals surface area contributed by atoms with Crippen molar-refractivity contribution in [2.45, 2.75) is 44.8 Å². The molecule has 18 heavy (non-hydrogen) atoms. The second-order valence-corrected chi connectivity index (χ2v) is 5.67. The number of rotatable bonds is 4. The lowest BCUT2D eigenvalue weighted by Crippen LogP contribution is -2.56. The molecule has 98 valence electrons. The topological polar surface area (TPSA) is 28.2 Å². The Labute approximate surface area is 110 Å². The molecular formula is C15H23N3. The largest absolute Gasteiger partial charge is 0.311 e. The average Bonchev–Trinajstić information content (AvgIpc) is 3.24. The Morgan fingerprint density at radius 2 is 2.28 bits per heavy atom. The lowest BCUT2D eigenvalue weighted by Gasteiger charge is -2.40. The van der Waals surface area contributed by atoms with Crippen molar-refractivity contribution in [3.63, 3.8) is 0 Å². The molecule has 3 rings (SSSR count). The molecule has 1 saturated carbocycles. The van der Waals surface area contributed by atoms with Crippen LogP contribution in [0.15, 0.2) is 24.4 Å². The number of aromatic nitrogens is 1. The number of piperazine rings is 1. The minimum Gasteiger partial charge on any atom is -0.311 e. The summed E-state index contributed by atoms with van der Waals surface area (Å²) < 4.78 is 0. The van der Waals surface area contributed by atoms with E-state index in [1.807, 2.05) is 12.3 Å². The Balaban J connectivity index is 1.69. The summed E-state index contributed by atoms with van der Waals surface area (Å²) in [5.74, 6) is 0.930. The van der Waals surface area contributed by atoms with E-state index in [-0.39, 0.29) is 0 Å². The average molecular weight is 245 g/mol. The fourth-order valence-electron chi connectivity index (χ4n) is 3.00. The normalized spacial score (nSPS) is 29.4. The Kier molecular flexibility index (Phi) is 3.62. The van der Waals surface area contributed by atoms with Crippen LogP contribution in [0.25, 0.3) is 0 Å². The summed E-state index contributed by atoms with van der Waals surface area (Å²) in [7, 11) is 0. The van der Waals surface area contributed by atoms with Gasteiger partial charge in [-0.1, -0.05) is 13.0 Å². The predicted molar refractivity (Wildman–Crippen MR) is 73.2 cm³/mol. The number of nitrogens with zero attached hydrogens (tertiary/aromatic N) is 2. The van der Waals surface area contributed by atoms with Crippen LogP contribution in [0.2, 0.25) is 0 Å². The highest BCUT2D eigenvalue weighted by atomic mass is 15.2. The van der Waals surface area contributed by atoms with Gasteiger partial charge in [0, 0.05) is 37.9 Å². The fourth-order valence-corrected chi connectivity index (χ4v) is 3.00. The molecule has 1 aliphatic heterocycles. The molecular weight excluding hydrogens is 222 g/mol. The van der Waals surface area contributed by atoms with Crippen molar-refractivity contribution in [3.8, 4) is 0 Å². The molecule has 2 unspecified atom stereocenters. The van der Waals surface area contributed by atoms with Crippen molar-refractivity contribution in [1.82, 2.24) is 15.2 Å². The van der Waals surface area contributed by atoms with E-state index in [1.165, 1.54) is 31.5 Å². The lowest BCUT2D eigenvalue weighted by molar-refractivity contribution is 0.104. The maximum absolute atomic E-state index is 4.48. The van der Waals surface area contributed by atoms with Gasteiger partial charge >= 0.3 is 0 Å². The molecule has 2 heterocycles. The molecule has 0 bridgehead atoms. The Bertz CT molecular complexity index is 375. The van der Waals surface area contributed by atoms with Crippen LogP contribution in [0.1, 0.15) is 31.9 Å². The van der Waals surface area contributed by atoms with Gasteiger partial charge in [-0.3, -0.25) is 9.88 Å². The van der Waals surface area contributed by atoms with Crippen LogP contribution in [-0.4, -0.2) is 35.1 Å². The van der Waals surface area contributed by atoms with Crippen LogP contribution in [0.4, 0.5) is 0 Å². The highest BCUT2D eigenvalue weighted by molar-refractivity contribution is 5.05. The van der Waals surface area contributed by atoms with Crippen LogP contribution in [0.5, 0.6) is 0 Å². The van der Waals surface area contributed by atoms with Gasteiger partial charge < -0.3 is 5.32 Å². The van der Waals surface area contributed by atoms with E-state index < -0.39 is 0 Å². The predicted octanol–water partition coefficient (Wildman–Crippen LogP) is 2.04. The highest BCUT2D eigenvalue weighted by Gasteiger charge is 2.38. The first-order valence-electron chi connectivity index (χ1n) is 7.24. The van der Waals surface area contributed by atoms with Gasteiger partial charge in [-0.25, -0.2) is 0 Å². The summed E-state index contributed by atoms with van der Waals surface area (Å²) in [6, 6.07) is 7.62. The van der Waals surface area contributed by atoms with Gasteiger partial charge in [-0.05, 0) is 37.3 Å². The van der Waals surface area contributed by atoms with Crippen LogP contribution >= 0.6 is 0 Å². The van der Waals surface area contributed by atoms with Crippen LogP contribution in [0, 0.1) is 5.92 Å². The van der Waals surface area contributed by atoms with Crippen molar-refractivity contribution >= 4 is 0 Å². The quantitative estimate of drug-likeness (QED) is 0.880. The number of hydrogen-bond acceptors (Lipinski definition) is 3. The molecule has 2 aliphatic rings. The van der Waals surface area contributed by atoms with Gasteiger partial charge in [-0.15, -0.1) is 0 Å². The second-order valence-electron chi connectivity index (χ2n) is 5.67. The molecule has 1 N–H and O–H groups in total. The SMILES string of the molecule is CCC1CN(Cc2ccccn2)C(C2CC2)CN1. The van der Waals surface area contributed by atoms with Gasteiger partial charge in [0.25, 0.3) is 0 Å². The van der Waals surface area contributed by atoms with Crippen molar-refractivity contribution in [3.05, 3.63) is 30.1 Å². The van der Waals surface area contributed by atoms with Crippen molar-refractivity contribution < 1.29 is 0 Å². The molecule has 1 aliphatic carbocycles. The number of pyridine rings is 1. The van der Waals surface area contributed by atoms with Gasteiger partial charge in [0.2, 0.25) is 0 Å². The molecule has 0 spiro atoms. The summed E-state index contributed by atoms with van der Waals surface area (Å²) in [5, 5.41) is 3.69. The van der Waals surface area contributed by atoms with E-state index in [2.05, 4.69) is 34.3 Å². The standard InChI is InChI=1S/C15H23N3/c1-2-13-10-18(11-14-5-3-4-8-16-14)15(9-17-13)12-6-7-12/h3-5,8,12-13,15,17H,2,6-7,9-11H2,1H3. The molecule has 1 aromatic heterocycles. The molecule has 3 nitrogen and oxygen atoms in total. The molecule has 0 radical (unpaired) electrons. The molecule has 1 aromatic rings. The van der Waals surface area contributed by atoms with Crippen LogP contribution in [0.3, 0.4) is 0 Å². The van der Waals surface area contributed by atoms with Gasteiger partial charge in [-0.2, -0.15) is 0 Å². The first-order valence-corrected chi connectivity index (χ1v) is 7.24. The molecule has 2 atom stereocenters. The van der Waals surface area contributed by atoms with E-state index in [9.17, 15) is 0 Å². The zero-order valence-corrected chi connectivity index (χ0v) is 11.2. The van der Waals surface area contributed by atoms with Crippen molar-refractivity contribution in [2.24, 2.45) is 5.92 Å². The number of nitrogens with one attached hydrogen (secondary N) is 1. The molecule has 0 aromatic carbocycles. The van der Waals surface area contributed by atoms with Crippen molar-refractivity contribution in [1.29, 1.82) is 0 Å². The minimum absolute atomic E-state index is 0.656. The molecule has 2 fully saturated rings. The monoisotopic (exact) mass is 245 g/mol. The Morgan fingerprint density at radius 3 is 2.94 bits per heavy atom. The van der Waals surface area contributed by atoms with Gasteiger partial charge in [0.1, 0.15) is 0 Å².